The van der Waals surface area contributed by atoms with Crippen LogP contribution < -0.4 is 11.5 Å². The summed E-state index contributed by atoms with van der Waals surface area (Å²) in [7, 11) is 9.59. The van der Waals surface area contributed by atoms with Crippen LogP contribution in [0.25, 0.3) is 5.32 Å². The predicted octanol–water partition coefficient (Wildman–Crippen LogP) is 5.37. The molecular weight excluding hydrogens is 461 g/mol. The Balaban J connectivity index is 0.00000105. The van der Waals surface area contributed by atoms with Crippen molar-refractivity contribution in [1.29, 1.82) is 0 Å². The Hall–Kier alpha value is -0.360. The van der Waals surface area contributed by atoms with Crippen LogP contribution in [0.1, 0.15) is 45.5 Å². The van der Waals surface area contributed by atoms with E-state index in [-0.39, 0.29) is 29.7 Å². The molecule has 0 bridgehead atoms. The Kier molecular flexibility index (Phi) is 11.1. The van der Waals surface area contributed by atoms with Crippen LogP contribution in [0.5, 0.6) is 0 Å². The van der Waals surface area contributed by atoms with Gasteiger partial charge in [0.1, 0.15) is 0 Å². The van der Waals surface area contributed by atoms with E-state index in [0.29, 0.717) is 13.1 Å². The number of benzene rings is 2. The zero-order valence-corrected chi connectivity index (χ0v) is 18.7. The number of halogens is 2. The average molecular weight is 489 g/mol. The third-order valence-corrected chi connectivity index (χ3v) is 4.48. The molecule has 0 saturated heterocycles. The van der Waals surface area contributed by atoms with Gasteiger partial charge in [0.15, 0.2) is 0 Å². The third-order valence-electron chi connectivity index (χ3n) is 4.48. The number of rotatable bonds is 6. The van der Waals surface area contributed by atoms with E-state index in [1.807, 2.05) is 0 Å². The fourth-order valence-electron chi connectivity index (χ4n) is 3.36. The van der Waals surface area contributed by atoms with Crippen LogP contribution in [-0.4, -0.2) is 13.1 Å². The van der Waals surface area contributed by atoms with Crippen molar-refractivity contribution in [1.82, 2.24) is 0 Å². The number of hydrogen-bond acceptors (Lipinski definition) is 2. The van der Waals surface area contributed by atoms with Crippen molar-refractivity contribution in [2.75, 3.05) is 13.1 Å². The zero-order chi connectivity index (χ0) is 19.7. The van der Waals surface area contributed by atoms with Crippen LogP contribution in [0.3, 0.4) is 0 Å². The van der Waals surface area contributed by atoms with E-state index in [1.54, 1.807) is 0 Å². The summed E-state index contributed by atoms with van der Waals surface area (Å²) in [6.45, 7) is 9.61. The van der Waals surface area contributed by atoms with Crippen molar-refractivity contribution >= 4 is 18.4 Å². The van der Waals surface area contributed by atoms with Gasteiger partial charge < -0.3 is 16.8 Å². The maximum absolute atomic E-state index is 6.35. The van der Waals surface area contributed by atoms with E-state index < -0.39 is 0 Å². The number of aryl methyl sites for hydroxylation is 4. The van der Waals surface area contributed by atoms with E-state index >= 15 is 0 Å². The van der Waals surface area contributed by atoms with Gasteiger partial charge in [0.25, 0.3) is 0 Å². The topological polar surface area (TPSA) is 66.1 Å². The molecule has 0 aliphatic rings. The first kappa shape index (κ1) is 23.7. The summed E-state index contributed by atoms with van der Waals surface area (Å²) in [6, 6.07) is 12.4. The van der Waals surface area contributed by atoms with Gasteiger partial charge in [0, 0.05) is 12.1 Å². The molecule has 4 N–H and O–H groups in total. The standard InChI is InChI=1S/C20H28N3.Ag.2ClH/c1-13-7-5-8-14(2)19(13)17(21)11-23-12-18(22)20-15(3)9-6-10-16(20)4;;;/h5-10,17-18H,11-12,21-22H2,1-4H3;;2*1H/q-1;+2;;/p-2. The summed E-state index contributed by atoms with van der Waals surface area (Å²) >= 11 is 0.0144. The van der Waals surface area contributed by atoms with E-state index in [0.717, 1.165) is 0 Å². The normalized spacial score (nSPS) is 13.1. The molecule has 2 aromatic rings. The van der Waals surface area contributed by atoms with Crippen molar-refractivity contribution in [3.05, 3.63) is 75.1 Å². The van der Waals surface area contributed by atoms with Gasteiger partial charge in [0.2, 0.25) is 0 Å². The van der Waals surface area contributed by atoms with Crippen LogP contribution in [0.4, 0.5) is 0 Å². The molecule has 0 spiro atoms. The van der Waals surface area contributed by atoms with E-state index in [9.17, 15) is 0 Å². The summed E-state index contributed by atoms with van der Waals surface area (Å²) in [6.07, 6.45) is 0. The van der Waals surface area contributed by atoms with Crippen molar-refractivity contribution in [3.8, 4) is 0 Å². The quantitative estimate of drug-likeness (QED) is 0.536. The summed E-state index contributed by atoms with van der Waals surface area (Å²) in [5.74, 6) is 0. The molecular formula is C20H28AgCl2N3-. The van der Waals surface area contributed by atoms with Crippen LogP contribution in [0, 0.1) is 27.7 Å². The Morgan fingerprint density at radius 3 is 1.31 bits per heavy atom. The number of hydrogen-bond donors (Lipinski definition) is 2. The van der Waals surface area contributed by atoms with Crippen LogP contribution >= 0.6 is 18.4 Å². The fraction of sp³-hybridized carbons (Fsp3) is 0.400. The van der Waals surface area contributed by atoms with Crippen LogP contribution in [-0.2, 0) is 17.6 Å². The molecule has 149 valence electrons. The van der Waals surface area contributed by atoms with Gasteiger partial charge in [-0.3, -0.25) is 0 Å². The molecule has 0 heterocycles. The minimum atomic E-state index is -0.0682. The van der Waals surface area contributed by atoms with Crippen LogP contribution in [0.2, 0.25) is 0 Å². The molecule has 0 aliphatic carbocycles. The van der Waals surface area contributed by atoms with Gasteiger partial charge in [-0.15, -0.1) is 13.1 Å². The summed E-state index contributed by atoms with van der Waals surface area (Å²) < 4.78 is 0. The second-order valence-corrected chi connectivity index (χ2v) is 8.71. The monoisotopic (exact) mass is 487 g/mol. The average Bonchev–Trinajstić information content (AvgIpc) is 2.55. The van der Waals surface area contributed by atoms with Gasteiger partial charge in [-0.2, -0.15) is 0 Å². The molecule has 2 atom stereocenters. The van der Waals surface area contributed by atoms with Gasteiger partial charge in [-0.05, 0) is 61.1 Å². The van der Waals surface area contributed by atoms with E-state index in [4.69, 9.17) is 29.8 Å². The second-order valence-electron chi connectivity index (χ2n) is 6.46. The van der Waals surface area contributed by atoms with Crippen molar-refractivity contribution in [2.45, 2.75) is 39.8 Å². The minimum absolute atomic E-state index is 0.0144. The van der Waals surface area contributed by atoms with Gasteiger partial charge in [0.05, 0.1) is 0 Å². The summed E-state index contributed by atoms with van der Waals surface area (Å²) in [4.78, 5) is 0. The fourth-order valence-corrected chi connectivity index (χ4v) is 3.36. The Morgan fingerprint density at radius 2 is 1.04 bits per heavy atom. The first-order valence-corrected chi connectivity index (χ1v) is 12.2. The SMILES string of the molecule is Cc1cccc(C)c1C(N)C[N-]CC(N)c1c(C)cccc1C.[Cl][Ag][Cl]. The van der Waals surface area contributed by atoms with Crippen molar-refractivity contribution < 1.29 is 17.6 Å². The molecule has 2 rings (SSSR count). The molecule has 0 aliphatic heterocycles. The number of nitrogens with two attached hydrogens (primary N) is 2. The molecule has 0 radical (unpaired) electrons. The third kappa shape index (κ3) is 6.99. The molecule has 0 fully saturated rings. The molecule has 0 amide bonds. The molecule has 2 aromatic carbocycles. The zero-order valence-electron chi connectivity index (χ0n) is 15.7. The summed E-state index contributed by atoms with van der Waals surface area (Å²) in [5, 5.41) is 4.64. The van der Waals surface area contributed by atoms with Crippen molar-refractivity contribution in [2.24, 2.45) is 11.5 Å². The Bertz CT molecular complexity index is 597. The van der Waals surface area contributed by atoms with Gasteiger partial charge in [-0.25, -0.2) is 0 Å². The molecule has 3 nitrogen and oxygen atoms in total. The maximum atomic E-state index is 6.35. The molecule has 6 heteroatoms. The van der Waals surface area contributed by atoms with Crippen LogP contribution in [0.15, 0.2) is 36.4 Å². The van der Waals surface area contributed by atoms with E-state index in [2.05, 4.69) is 69.4 Å². The Morgan fingerprint density at radius 1 is 0.769 bits per heavy atom. The first-order valence-electron chi connectivity index (χ1n) is 8.41. The van der Waals surface area contributed by atoms with Gasteiger partial charge >= 0.3 is 36.0 Å². The molecule has 0 aromatic heterocycles. The molecule has 0 saturated carbocycles. The second kappa shape index (κ2) is 12.2. The Labute approximate surface area is 174 Å². The van der Waals surface area contributed by atoms with E-state index in [1.165, 1.54) is 33.4 Å². The molecule has 2 unspecified atom stereocenters. The predicted molar refractivity (Wildman–Crippen MR) is 110 cm³/mol. The number of nitrogens with zero attached hydrogens (tertiary/aromatic N) is 1. The van der Waals surface area contributed by atoms with Gasteiger partial charge in [-0.1, -0.05) is 36.4 Å². The van der Waals surface area contributed by atoms with Crippen molar-refractivity contribution in [3.63, 3.8) is 0 Å². The molecule has 26 heavy (non-hydrogen) atoms. The first-order chi connectivity index (χ1) is 12.3. The summed E-state index contributed by atoms with van der Waals surface area (Å²) in [5.41, 5.74) is 20.0.